The monoisotopic (exact) mass is 259 g/mol. The maximum Gasteiger partial charge on any atom is 0.268 e. The molecule has 5 heteroatoms. The molecule has 0 aromatic carbocycles. The Bertz CT molecular complexity index is 556. The van der Waals surface area contributed by atoms with E-state index in [0.29, 0.717) is 17.3 Å². The highest BCUT2D eigenvalue weighted by atomic mass is 16.3. The lowest BCUT2D eigenvalue weighted by molar-refractivity contribution is 0.0907. The van der Waals surface area contributed by atoms with Gasteiger partial charge >= 0.3 is 0 Å². The molecule has 100 valence electrons. The normalized spacial score (nSPS) is 16.5. The van der Waals surface area contributed by atoms with Gasteiger partial charge in [0.05, 0.1) is 12.6 Å². The zero-order valence-corrected chi connectivity index (χ0v) is 10.6. The topological polar surface area (TPSA) is 78.0 Å². The first kappa shape index (κ1) is 12.2. The summed E-state index contributed by atoms with van der Waals surface area (Å²) in [6.45, 7) is -0.0132. The SMILES string of the molecule is O=C(NC(CO)CC1CC1)c1cc2cccnc2[nH]1. The van der Waals surface area contributed by atoms with E-state index in [0.717, 1.165) is 11.8 Å². The number of hydrogen-bond acceptors (Lipinski definition) is 3. The average molecular weight is 259 g/mol. The van der Waals surface area contributed by atoms with Crippen LogP contribution in [0.1, 0.15) is 29.8 Å². The number of nitrogens with one attached hydrogen (secondary N) is 2. The summed E-state index contributed by atoms with van der Waals surface area (Å²) in [6.07, 6.45) is 4.97. The van der Waals surface area contributed by atoms with Gasteiger partial charge in [0, 0.05) is 11.6 Å². The van der Waals surface area contributed by atoms with Crippen LogP contribution in [0.15, 0.2) is 24.4 Å². The first-order valence-electron chi connectivity index (χ1n) is 6.61. The van der Waals surface area contributed by atoms with E-state index in [1.54, 1.807) is 12.3 Å². The number of nitrogens with zero attached hydrogens (tertiary/aromatic N) is 1. The summed E-state index contributed by atoms with van der Waals surface area (Å²) >= 11 is 0. The fourth-order valence-corrected chi connectivity index (χ4v) is 2.28. The van der Waals surface area contributed by atoms with Gasteiger partial charge in [-0.05, 0) is 30.5 Å². The molecule has 1 atom stereocenters. The Hall–Kier alpha value is -1.88. The number of fused-ring (bicyclic) bond motifs is 1. The van der Waals surface area contributed by atoms with Gasteiger partial charge in [-0.15, -0.1) is 0 Å². The number of pyridine rings is 1. The molecule has 1 amide bonds. The number of amides is 1. The van der Waals surface area contributed by atoms with Crippen molar-refractivity contribution in [3.05, 3.63) is 30.1 Å². The van der Waals surface area contributed by atoms with Crippen LogP contribution in [-0.2, 0) is 0 Å². The van der Waals surface area contributed by atoms with E-state index in [4.69, 9.17) is 0 Å². The van der Waals surface area contributed by atoms with Crippen LogP contribution in [0.2, 0.25) is 0 Å². The maximum absolute atomic E-state index is 12.1. The molecule has 19 heavy (non-hydrogen) atoms. The molecule has 0 bridgehead atoms. The summed E-state index contributed by atoms with van der Waals surface area (Å²) in [4.78, 5) is 19.3. The van der Waals surface area contributed by atoms with Crippen LogP contribution in [0.5, 0.6) is 0 Å². The van der Waals surface area contributed by atoms with Crippen LogP contribution < -0.4 is 5.32 Å². The highest BCUT2D eigenvalue weighted by Gasteiger charge is 2.26. The molecule has 1 saturated carbocycles. The molecule has 3 rings (SSSR count). The van der Waals surface area contributed by atoms with Gasteiger partial charge in [-0.2, -0.15) is 0 Å². The second-order valence-electron chi connectivity index (χ2n) is 5.16. The molecule has 3 N–H and O–H groups in total. The summed E-state index contributed by atoms with van der Waals surface area (Å²) in [5, 5.41) is 13.1. The molecular weight excluding hydrogens is 242 g/mol. The van der Waals surface area contributed by atoms with E-state index >= 15 is 0 Å². The molecule has 1 fully saturated rings. The van der Waals surface area contributed by atoms with Crippen molar-refractivity contribution in [1.82, 2.24) is 15.3 Å². The van der Waals surface area contributed by atoms with Gasteiger partial charge < -0.3 is 15.4 Å². The largest absolute Gasteiger partial charge is 0.394 e. The number of aliphatic hydroxyl groups excluding tert-OH is 1. The summed E-state index contributed by atoms with van der Waals surface area (Å²) in [7, 11) is 0. The van der Waals surface area contributed by atoms with Gasteiger partial charge in [-0.25, -0.2) is 4.98 Å². The minimum Gasteiger partial charge on any atom is -0.394 e. The summed E-state index contributed by atoms with van der Waals surface area (Å²) in [6, 6.07) is 5.37. The third kappa shape index (κ3) is 2.76. The fourth-order valence-electron chi connectivity index (χ4n) is 2.28. The Morgan fingerprint density at radius 3 is 3.11 bits per heavy atom. The smallest absolute Gasteiger partial charge is 0.268 e. The number of aromatic nitrogens is 2. The predicted octanol–water partition coefficient (Wildman–Crippen LogP) is 1.45. The minimum absolute atomic E-state index is 0.0132. The van der Waals surface area contributed by atoms with Crippen molar-refractivity contribution in [2.45, 2.75) is 25.3 Å². The molecule has 0 spiro atoms. The van der Waals surface area contributed by atoms with Crippen molar-refractivity contribution in [2.75, 3.05) is 6.61 Å². The molecule has 0 radical (unpaired) electrons. The van der Waals surface area contributed by atoms with Gasteiger partial charge in [0.15, 0.2) is 0 Å². The molecule has 5 nitrogen and oxygen atoms in total. The number of H-pyrrole nitrogens is 1. The van der Waals surface area contributed by atoms with Gasteiger partial charge in [0.2, 0.25) is 0 Å². The number of aliphatic hydroxyl groups is 1. The zero-order valence-electron chi connectivity index (χ0n) is 10.6. The molecule has 2 aromatic heterocycles. The molecule has 2 aromatic rings. The minimum atomic E-state index is -0.183. The van der Waals surface area contributed by atoms with E-state index in [9.17, 15) is 9.90 Å². The van der Waals surface area contributed by atoms with Gasteiger partial charge in [0.25, 0.3) is 5.91 Å². The second-order valence-corrected chi connectivity index (χ2v) is 5.16. The number of rotatable bonds is 5. The van der Waals surface area contributed by atoms with E-state index < -0.39 is 0 Å². The quantitative estimate of drug-likeness (QED) is 0.760. The van der Waals surface area contributed by atoms with Gasteiger partial charge in [0.1, 0.15) is 11.3 Å². The molecular formula is C14H17N3O2. The lowest BCUT2D eigenvalue weighted by Gasteiger charge is -2.15. The Labute approximate surface area is 111 Å². The molecule has 1 unspecified atom stereocenters. The summed E-state index contributed by atoms with van der Waals surface area (Å²) < 4.78 is 0. The summed E-state index contributed by atoms with van der Waals surface area (Å²) in [5.74, 6) is 0.486. The standard InChI is InChI=1S/C14H17N3O2/c18-8-11(6-9-3-4-9)16-14(19)12-7-10-2-1-5-15-13(10)17-12/h1-2,5,7,9,11,18H,3-4,6,8H2,(H,15,17)(H,16,19). The van der Waals surface area contributed by atoms with Crippen molar-refractivity contribution in [3.63, 3.8) is 0 Å². The molecule has 0 saturated heterocycles. The van der Waals surface area contributed by atoms with Crippen LogP contribution in [0.3, 0.4) is 0 Å². The fraction of sp³-hybridized carbons (Fsp3) is 0.429. The van der Waals surface area contributed by atoms with Crippen LogP contribution >= 0.6 is 0 Å². The lowest BCUT2D eigenvalue weighted by Crippen LogP contribution is -2.38. The first-order chi connectivity index (χ1) is 9.26. The van der Waals surface area contributed by atoms with E-state index in [1.165, 1.54) is 12.8 Å². The molecule has 1 aliphatic rings. The van der Waals surface area contributed by atoms with Crippen molar-refractivity contribution >= 4 is 16.9 Å². The molecule has 1 aliphatic carbocycles. The van der Waals surface area contributed by atoms with Gasteiger partial charge in [-0.3, -0.25) is 4.79 Å². The van der Waals surface area contributed by atoms with E-state index in [2.05, 4.69) is 15.3 Å². The van der Waals surface area contributed by atoms with Crippen molar-refractivity contribution in [1.29, 1.82) is 0 Å². The predicted molar refractivity (Wildman–Crippen MR) is 71.8 cm³/mol. The maximum atomic E-state index is 12.1. The Morgan fingerprint density at radius 2 is 2.42 bits per heavy atom. The van der Waals surface area contributed by atoms with Crippen molar-refractivity contribution in [3.8, 4) is 0 Å². The van der Waals surface area contributed by atoms with Crippen molar-refractivity contribution in [2.24, 2.45) is 5.92 Å². The van der Waals surface area contributed by atoms with Crippen LogP contribution in [0.25, 0.3) is 11.0 Å². The van der Waals surface area contributed by atoms with E-state index in [-0.39, 0.29) is 18.6 Å². The number of carbonyl (C=O) groups excluding carboxylic acids is 1. The van der Waals surface area contributed by atoms with Crippen LogP contribution in [0, 0.1) is 5.92 Å². The zero-order chi connectivity index (χ0) is 13.2. The molecule has 2 heterocycles. The van der Waals surface area contributed by atoms with Gasteiger partial charge in [-0.1, -0.05) is 12.8 Å². The van der Waals surface area contributed by atoms with E-state index in [1.807, 2.05) is 12.1 Å². The average Bonchev–Trinajstić information content (AvgIpc) is 3.13. The number of carbonyl (C=O) groups is 1. The van der Waals surface area contributed by atoms with Crippen LogP contribution in [-0.4, -0.2) is 33.6 Å². The Kier molecular flexibility index (Phi) is 3.21. The number of hydrogen-bond donors (Lipinski definition) is 3. The van der Waals surface area contributed by atoms with Crippen molar-refractivity contribution < 1.29 is 9.90 Å². The third-order valence-electron chi connectivity index (χ3n) is 3.51. The Morgan fingerprint density at radius 1 is 1.58 bits per heavy atom. The highest BCUT2D eigenvalue weighted by Crippen LogP contribution is 2.33. The number of aromatic amines is 1. The Balaban J connectivity index is 1.71. The lowest BCUT2D eigenvalue weighted by atomic mass is 10.1. The molecule has 0 aliphatic heterocycles. The van der Waals surface area contributed by atoms with Crippen LogP contribution in [0.4, 0.5) is 0 Å². The second kappa shape index (κ2) is 5.01. The summed E-state index contributed by atoms with van der Waals surface area (Å²) in [5.41, 5.74) is 1.19. The first-order valence-corrected chi connectivity index (χ1v) is 6.61. The third-order valence-corrected chi connectivity index (χ3v) is 3.51. The highest BCUT2D eigenvalue weighted by molar-refractivity contribution is 5.97.